The number of nitrogens with one attached hydrogen (secondary N) is 1. The Morgan fingerprint density at radius 3 is 3.15 bits per heavy atom. The van der Waals surface area contributed by atoms with Gasteiger partial charge in [-0.2, -0.15) is 0 Å². The Bertz CT molecular complexity index is 193. The van der Waals surface area contributed by atoms with Gasteiger partial charge in [-0.1, -0.05) is 12.7 Å². The van der Waals surface area contributed by atoms with Crippen LogP contribution >= 0.6 is 0 Å². The van der Waals surface area contributed by atoms with Crippen LogP contribution in [0.3, 0.4) is 0 Å². The molecule has 74 valence electrons. The van der Waals surface area contributed by atoms with E-state index in [9.17, 15) is 9.90 Å². The third kappa shape index (κ3) is 2.82. The van der Waals surface area contributed by atoms with Gasteiger partial charge in [0.15, 0.2) is 0 Å². The number of hydrogen-bond donors (Lipinski definition) is 2. The summed E-state index contributed by atoms with van der Waals surface area (Å²) in [4.78, 5) is 11.3. The van der Waals surface area contributed by atoms with Crippen molar-refractivity contribution in [3.63, 3.8) is 0 Å². The second-order valence-corrected chi connectivity index (χ2v) is 3.09. The van der Waals surface area contributed by atoms with E-state index in [-0.39, 0.29) is 18.5 Å². The number of aliphatic hydroxyl groups is 1. The van der Waals surface area contributed by atoms with E-state index in [4.69, 9.17) is 4.74 Å². The standard InChI is InChI=1S/C9H15NO3/c1-2-5-13-9(12)7-3-4-10-6-8(7)11/h2,7-8,10-11H,1,3-6H2. The number of esters is 1. The number of carbonyl (C=O) groups is 1. The molecule has 0 aromatic heterocycles. The van der Waals surface area contributed by atoms with Crippen LogP contribution in [0.5, 0.6) is 0 Å². The van der Waals surface area contributed by atoms with Gasteiger partial charge < -0.3 is 15.2 Å². The van der Waals surface area contributed by atoms with Crippen molar-refractivity contribution in [2.45, 2.75) is 12.5 Å². The Morgan fingerprint density at radius 2 is 2.54 bits per heavy atom. The smallest absolute Gasteiger partial charge is 0.311 e. The molecule has 4 heteroatoms. The molecular weight excluding hydrogens is 170 g/mol. The molecular formula is C9H15NO3. The van der Waals surface area contributed by atoms with Crippen LogP contribution in [0.15, 0.2) is 12.7 Å². The van der Waals surface area contributed by atoms with E-state index in [1.54, 1.807) is 0 Å². The Balaban J connectivity index is 2.39. The van der Waals surface area contributed by atoms with Crippen LogP contribution in [0, 0.1) is 5.92 Å². The molecule has 0 spiro atoms. The number of ether oxygens (including phenoxy) is 1. The quantitative estimate of drug-likeness (QED) is 0.467. The van der Waals surface area contributed by atoms with Gasteiger partial charge in [0.2, 0.25) is 0 Å². The van der Waals surface area contributed by atoms with E-state index >= 15 is 0 Å². The van der Waals surface area contributed by atoms with Crippen LogP contribution in [0.2, 0.25) is 0 Å². The van der Waals surface area contributed by atoms with Gasteiger partial charge in [0.05, 0.1) is 12.0 Å². The summed E-state index contributed by atoms with van der Waals surface area (Å²) >= 11 is 0. The maximum atomic E-state index is 11.3. The van der Waals surface area contributed by atoms with Crippen molar-refractivity contribution < 1.29 is 14.6 Å². The molecule has 0 aromatic rings. The van der Waals surface area contributed by atoms with Crippen molar-refractivity contribution in [3.8, 4) is 0 Å². The molecule has 0 aliphatic carbocycles. The number of piperidine rings is 1. The molecule has 1 aliphatic heterocycles. The summed E-state index contributed by atoms with van der Waals surface area (Å²) in [6.07, 6.45) is 1.54. The molecule has 2 unspecified atom stereocenters. The number of β-amino-alcohol motifs (C(OH)–C–C–N with tert-alkyl or cyclic N) is 1. The van der Waals surface area contributed by atoms with Crippen LogP contribution in [-0.2, 0) is 9.53 Å². The summed E-state index contributed by atoms with van der Waals surface area (Å²) in [5.41, 5.74) is 0. The molecule has 4 nitrogen and oxygen atoms in total. The Labute approximate surface area is 77.6 Å². The predicted octanol–water partition coefficient (Wildman–Crippen LogP) is -0.314. The van der Waals surface area contributed by atoms with E-state index in [0.29, 0.717) is 13.0 Å². The fourth-order valence-electron chi connectivity index (χ4n) is 1.37. The molecule has 1 aliphatic rings. The summed E-state index contributed by atoms with van der Waals surface area (Å²) in [7, 11) is 0. The summed E-state index contributed by atoms with van der Waals surface area (Å²) < 4.78 is 4.86. The van der Waals surface area contributed by atoms with Gasteiger partial charge >= 0.3 is 5.97 Å². The fraction of sp³-hybridized carbons (Fsp3) is 0.667. The van der Waals surface area contributed by atoms with E-state index in [0.717, 1.165) is 6.54 Å². The van der Waals surface area contributed by atoms with Crippen molar-refractivity contribution in [3.05, 3.63) is 12.7 Å². The van der Waals surface area contributed by atoms with Gasteiger partial charge in [0.25, 0.3) is 0 Å². The highest BCUT2D eigenvalue weighted by atomic mass is 16.5. The Morgan fingerprint density at radius 1 is 1.77 bits per heavy atom. The number of aliphatic hydroxyl groups excluding tert-OH is 1. The molecule has 0 bridgehead atoms. The van der Waals surface area contributed by atoms with E-state index < -0.39 is 6.10 Å². The zero-order valence-electron chi connectivity index (χ0n) is 7.53. The molecule has 13 heavy (non-hydrogen) atoms. The molecule has 1 fully saturated rings. The first kappa shape index (κ1) is 10.2. The third-order valence-corrected chi connectivity index (χ3v) is 2.10. The van der Waals surface area contributed by atoms with E-state index in [2.05, 4.69) is 11.9 Å². The average Bonchev–Trinajstić information content (AvgIpc) is 2.15. The molecule has 1 heterocycles. The fourth-order valence-corrected chi connectivity index (χ4v) is 1.37. The third-order valence-electron chi connectivity index (χ3n) is 2.10. The lowest BCUT2D eigenvalue weighted by molar-refractivity contribution is -0.152. The lowest BCUT2D eigenvalue weighted by atomic mass is 9.95. The van der Waals surface area contributed by atoms with Crippen LogP contribution < -0.4 is 5.32 Å². The number of carbonyl (C=O) groups excluding carboxylic acids is 1. The average molecular weight is 185 g/mol. The van der Waals surface area contributed by atoms with E-state index in [1.165, 1.54) is 6.08 Å². The topological polar surface area (TPSA) is 58.6 Å². The molecule has 0 radical (unpaired) electrons. The Kier molecular flexibility index (Phi) is 3.92. The van der Waals surface area contributed by atoms with Gasteiger partial charge in [0, 0.05) is 6.54 Å². The maximum Gasteiger partial charge on any atom is 0.311 e. The second kappa shape index (κ2) is 4.99. The molecule has 0 aromatic carbocycles. The highest BCUT2D eigenvalue weighted by Gasteiger charge is 2.30. The first-order valence-corrected chi connectivity index (χ1v) is 4.42. The van der Waals surface area contributed by atoms with Crippen molar-refractivity contribution in [2.24, 2.45) is 5.92 Å². The van der Waals surface area contributed by atoms with Crippen molar-refractivity contribution in [1.82, 2.24) is 5.32 Å². The molecule has 1 rings (SSSR count). The minimum Gasteiger partial charge on any atom is -0.461 e. The van der Waals surface area contributed by atoms with Crippen molar-refractivity contribution in [2.75, 3.05) is 19.7 Å². The largest absolute Gasteiger partial charge is 0.461 e. The van der Waals surface area contributed by atoms with Crippen molar-refractivity contribution >= 4 is 5.97 Å². The lowest BCUT2D eigenvalue weighted by Gasteiger charge is -2.26. The van der Waals surface area contributed by atoms with E-state index in [1.807, 2.05) is 0 Å². The van der Waals surface area contributed by atoms with Gasteiger partial charge in [-0.15, -0.1) is 0 Å². The number of rotatable bonds is 3. The van der Waals surface area contributed by atoms with Crippen LogP contribution in [-0.4, -0.2) is 36.9 Å². The first-order valence-electron chi connectivity index (χ1n) is 4.42. The second-order valence-electron chi connectivity index (χ2n) is 3.09. The highest BCUT2D eigenvalue weighted by Crippen LogP contribution is 2.14. The first-order chi connectivity index (χ1) is 6.25. The van der Waals surface area contributed by atoms with Crippen LogP contribution in [0.1, 0.15) is 6.42 Å². The van der Waals surface area contributed by atoms with Crippen LogP contribution in [0.25, 0.3) is 0 Å². The number of hydrogen-bond acceptors (Lipinski definition) is 4. The predicted molar refractivity (Wildman–Crippen MR) is 48.1 cm³/mol. The molecule has 2 atom stereocenters. The molecule has 0 amide bonds. The summed E-state index contributed by atoms with van der Waals surface area (Å²) in [6, 6.07) is 0. The minimum absolute atomic E-state index is 0.218. The SMILES string of the molecule is C=CCOC(=O)C1CCNCC1O. The summed E-state index contributed by atoms with van der Waals surface area (Å²) in [5, 5.41) is 12.4. The molecule has 2 N–H and O–H groups in total. The van der Waals surface area contributed by atoms with Crippen LogP contribution in [0.4, 0.5) is 0 Å². The molecule has 1 saturated heterocycles. The lowest BCUT2D eigenvalue weighted by Crippen LogP contribution is -2.44. The molecule has 0 saturated carbocycles. The summed E-state index contributed by atoms with van der Waals surface area (Å²) in [5.74, 6) is -0.699. The summed E-state index contributed by atoms with van der Waals surface area (Å²) in [6.45, 7) is 4.88. The zero-order valence-corrected chi connectivity index (χ0v) is 7.53. The normalized spacial score (nSPS) is 28.1. The van der Waals surface area contributed by atoms with Gasteiger partial charge in [0.1, 0.15) is 6.61 Å². The maximum absolute atomic E-state index is 11.3. The van der Waals surface area contributed by atoms with Gasteiger partial charge in [-0.05, 0) is 13.0 Å². The zero-order chi connectivity index (χ0) is 9.68. The Hall–Kier alpha value is -0.870. The van der Waals surface area contributed by atoms with Gasteiger partial charge in [-0.3, -0.25) is 4.79 Å². The monoisotopic (exact) mass is 185 g/mol. The van der Waals surface area contributed by atoms with Gasteiger partial charge in [-0.25, -0.2) is 0 Å². The van der Waals surface area contributed by atoms with Crippen molar-refractivity contribution in [1.29, 1.82) is 0 Å². The minimum atomic E-state index is -0.619. The highest BCUT2D eigenvalue weighted by molar-refractivity contribution is 5.73.